The molecule has 0 heterocycles. The molecule has 0 N–H and O–H groups in total. The van der Waals surface area contributed by atoms with Gasteiger partial charge in [0.25, 0.3) is 0 Å². The Balaban J connectivity index is 0. The van der Waals surface area contributed by atoms with Gasteiger partial charge in [0.2, 0.25) is 5.91 Å². The van der Waals surface area contributed by atoms with Gasteiger partial charge in [-0.1, -0.05) is 163 Å². The summed E-state index contributed by atoms with van der Waals surface area (Å²) in [7, 11) is 1.67. The molecule has 0 aromatic carbocycles. The highest BCUT2D eigenvalue weighted by Gasteiger charge is 2.13. The first-order chi connectivity index (χ1) is 18.3. The van der Waals surface area contributed by atoms with Crippen LogP contribution in [0.5, 0.6) is 0 Å². The Morgan fingerprint density at radius 1 is 0.500 bits per heavy atom. The van der Waals surface area contributed by atoms with Gasteiger partial charge in [-0.05, 0) is 12.8 Å². The van der Waals surface area contributed by atoms with Gasteiger partial charge in [-0.15, -0.1) is 0 Å². The second kappa shape index (κ2) is 34.4. The number of unbranched alkanes of at least 4 members (excludes halogenated alkanes) is 22. The molecule has 4 nitrogen and oxygen atoms in total. The zero-order valence-corrected chi connectivity index (χ0v) is 25.7. The highest BCUT2D eigenvalue weighted by atomic mass is 16.5. The molecule has 38 heavy (non-hydrogen) atoms. The van der Waals surface area contributed by atoms with Crippen molar-refractivity contribution in [2.24, 2.45) is 0 Å². The van der Waals surface area contributed by atoms with Crippen molar-refractivity contribution in [2.45, 2.75) is 175 Å². The second-order valence-electron chi connectivity index (χ2n) is 11.2. The zero-order valence-electron chi connectivity index (χ0n) is 25.7. The summed E-state index contributed by atoms with van der Waals surface area (Å²) in [4.78, 5) is 14.8. The lowest BCUT2D eigenvalue weighted by molar-refractivity contribution is -0.136. The summed E-state index contributed by atoms with van der Waals surface area (Å²) in [6.45, 7) is 7.58. The summed E-state index contributed by atoms with van der Waals surface area (Å²) in [5.41, 5.74) is 0. The Kier molecular flexibility index (Phi) is 35.8. The smallest absolute Gasteiger partial charge is 0.248 e. The van der Waals surface area contributed by atoms with Crippen LogP contribution in [0.1, 0.15) is 175 Å². The van der Waals surface area contributed by atoms with Crippen LogP contribution in [-0.2, 0) is 14.3 Å². The van der Waals surface area contributed by atoms with Gasteiger partial charge in [-0.3, -0.25) is 4.79 Å². The lowest BCUT2D eigenvalue weighted by Gasteiger charge is -2.23. The molecule has 4 heteroatoms. The average molecular weight is 542 g/mol. The molecule has 230 valence electrons. The maximum Gasteiger partial charge on any atom is 0.248 e. The van der Waals surface area contributed by atoms with Crippen molar-refractivity contribution >= 4 is 5.91 Å². The van der Waals surface area contributed by atoms with Crippen molar-refractivity contribution in [3.05, 3.63) is 0 Å². The second-order valence-corrected chi connectivity index (χ2v) is 11.2. The zero-order chi connectivity index (χ0) is 27.1. The third-order valence-electron chi connectivity index (χ3n) is 7.57. The van der Waals surface area contributed by atoms with Crippen molar-refractivity contribution in [2.75, 3.05) is 40.0 Å². The quantitative estimate of drug-likeness (QED) is 0.0819. The largest absolute Gasteiger partial charge is 0.382 e. The van der Waals surface area contributed by atoms with Gasteiger partial charge in [0, 0.05) is 20.2 Å². The molecule has 0 rings (SSSR count). The number of hydrogen-bond donors (Lipinski definition) is 0. The van der Waals surface area contributed by atoms with E-state index in [1.165, 1.54) is 141 Å². The Morgan fingerprint density at radius 3 is 1.13 bits per heavy atom. The summed E-state index contributed by atoms with van der Waals surface area (Å²) < 4.78 is 10.6. The van der Waals surface area contributed by atoms with Crippen LogP contribution in [0.3, 0.4) is 0 Å². The predicted molar refractivity (Wildman–Crippen MR) is 168 cm³/mol. The van der Waals surface area contributed by atoms with Crippen LogP contribution in [0.15, 0.2) is 0 Å². The van der Waals surface area contributed by atoms with E-state index < -0.39 is 0 Å². The SMILES string of the molecule is C.CCCCCCCCCCCCCCN(CCCCCCCCCCCCCC)C(=O)COCCOC. The third-order valence-corrected chi connectivity index (χ3v) is 7.57. The van der Waals surface area contributed by atoms with Crippen LogP contribution in [0.25, 0.3) is 0 Å². The maximum absolute atomic E-state index is 12.7. The predicted octanol–water partition coefficient (Wildman–Crippen LogP) is 10.5. The van der Waals surface area contributed by atoms with Crippen molar-refractivity contribution in [1.82, 2.24) is 4.90 Å². The normalized spacial score (nSPS) is 11.0. The molecule has 0 spiro atoms. The Bertz CT molecular complexity index is 415. The molecule has 0 saturated carbocycles. The van der Waals surface area contributed by atoms with Gasteiger partial charge in [0.05, 0.1) is 13.2 Å². The molecule has 0 radical (unpaired) electrons. The molecule has 0 aliphatic carbocycles. The Hall–Kier alpha value is -0.610. The Morgan fingerprint density at radius 2 is 0.816 bits per heavy atom. The first-order valence-corrected chi connectivity index (χ1v) is 16.6. The van der Waals surface area contributed by atoms with Crippen molar-refractivity contribution in [1.29, 1.82) is 0 Å². The monoisotopic (exact) mass is 542 g/mol. The number of ether oxygens (including phenoxy) is 2. The molecule has 0 aromatic heterocycles. The van der Waals surface area contributed by atoms with Crippen LogP contribution in [0, 0.1) is 0 Å². The van der Waals surface area contributed by atoms with Crippen LogP contribution < -0.4 is 0 Å². The van der Waals surface area contributed by atoms with E-state index in [4.69, 9.17) is 9.47 Å². The summed E-state index contributed by atoms with van der Waals surface area (Å²) in [5.74, 6) is 0.155. The van der Waals surface area contributed by atoms with Crippen LogP contribution in [-0.4, -0.2) is 50.8 Å². The number of carbonyl (C=O) groups excluding carboxylic acids is 1. The number of carbonyl (C=O) groups is 1. The highest BCUT2D eigenvalue weighted by Crippen LogP contribution is 2.14. The van der Waals surface area contributed by atoms with Crippen LogP contribution in [0.2, 0.25) is 0 Å². The molecule has 0 unspecified atom stereocenters. The van der Waals surface area contributed by atoms with Gasteiger partial charge < -0.3 is 14.4 Å². The first-order valence-electron chi connectivity index (χ1n) is 16.6. The molecular weight excluding hydrogens is 470 g/mol. The molecule has 1 amide bonds. The standard InChI is InChI=1S/C33H67NO3.CH4/c1-4-6-8-10-12-14-16-18-20-22-24-26-28-34(33(35)32-37-31-30-36-3)29-27-25-23-21-19-17-15-13-11-9-7-5-2;/h4-32H2,1-3H3;1H4. The van der Waals surface area contributed by atoms with E-state index in [2.05, 4.69) is 18.7 Å². The van der Waals surface area contributed by atoms with E-state index in [0.29, 0.717) is 13.2 Å². The highest BCUT2D eigenvalue weighted by molar-refractivity contribution is 5.77. The van der Waals surface area contributed by atoms with Crippen molar-refractivity contribution < 1.29 is 14.3 Å². The fraction of sp³-hybridized carbons (Fsp3) is 0.971. The number of amides is 1. The van der Waals surface area contributed by atoms with E-state index in [-0.39, 0.29) is 19.9 Å². The van der Waals surface area contributed by atoms with Crippen LogP contribution in [0.4, 0.5) is 0 Å². The number of methoxy groups -OCH3 is 1. The fourth-order valence-electron chi connectivity index (χ4n) is 5.04. The van der Waals surface area contributed by atoms with Gasteiger partial charge >= 0.3 is 0 Å². The lowest BCUT2D eigenvalue weighted by Crippen LogP contribution is -2.36. The molecule has 0 aliphatic rings. The number of nitrogens with zero attached hydrogens (tertiary/aromatic N) is 1. The number of rotatable bonds is 31. The van der Waals surface area contributed by atoms with E-state index in [1.54, 1.807) is 7.11 Å². The molecule has 0 fully saturated rings. The number of hydrogen-bond acceptors (Lipinski definition) is 3. The van der Waals surface area contributed by atoms with Gasteiger partial charge in [-0.2, -0.15) is 0 Å². The van der Waals surface area contributed by atoms with E-state index in [9.17, 15) is 4.79 Å². The molecular formula is C34H71NO3. The van der Waals surface area contributed by atoms with Gasteiger partial charge in [-0.25, -0.2) is 0 Å². The summed E-state index contributed by atoms with van der Waals surface area (Å²) in [5, 5.41) is 0. The average Bonchev–Trinajstić information content (AvgIpc) is 2.91. The van der Waals surface area contributed by atoms with Gasteiger partial charge in [0.1, 0.15) is 6.61 Å². The van der Waals surface area contributed by atoms with Crippen LogP contribution >= 0.6 is 0 Å². The third kappa shape index (κ3) is 29.9. The molecule has 0 saturated heterocycles. The topological polar surface area (TPSA) is 38.8 Å². The summed E-state index contributed by atoms with van der Waals surface area (Å²) in [6.07, 6.45) is 32.4. The molecule has 0 aliphatic heterocycles. The summed E-state index contributed by atoms with van der Waals surface area (Å²) >= 11 is 0. The van der Waals surface area contributed by atoms with Crippen molar-refractivity contribution in [3.63, 3.8) is 0 Å². The van der Waals surface area contributed by atoms with Gasteiger partial charge in [0.15, 0.2) is 0 Å². The van der Waals surface area contributed by atoms with E-state index in [0.717, 1.165) is 25.9 Å². The van der Waals surface area contributed by atoms with E-state index in [1.807, 2.05) is 0 Å². The molecule has 0 atom stereocenters. The summed E-state index contributed by atoms with van der Waals surface area (Å²) in [6, 6.07) is 0. The lowest BCUT2D eigenvalue weighted by atomic mass is 10.0. The Labute approximate surface area is 240 Å². The maximum atomic E-state index is 12.7. The first kappa shape index (κ1) is 39.5. The fourth-order valence-corrected chi connectivity index (χ4v) is 5.04. The minimum absolute atomic E-state index is 0. The molecule has 0 aromatic rings. The van der Waals surface area contributed by atoms with Crippen molar-refractivity contribution in [3.8, 4) is 0 Å². The minimum atomic E-state index is 0. The minimum Gasteiger partial charge on any atom is -0.382 e. The molecule has 0 bridgehead atoms. The van der Waals surface area contributed by atoms with E-state index >= 15 is 0 Å².